The summed E-state index contributed by atoms with van der Waals surface area (Å²) in [7, 11) is 0. The summed E-state index contributed by atoms with van der Waals surface area (Å²) in [6.45, 7) is 4.09. The van der Waals surface area contributed by atoms with Gasteiger partial charge in [0, 0.05) is 23.2 Å². The lowest BCUT2D eigenvalue weighted by molar-refractivity contribution is 0.0518. The topological polar surface area (TPSA) is 78.4 Å². The fourth-order valence-corrected chi connectivity index (χ4v) is 2.60. The van der Waals surface area contributed by atoms with Gasteiger partial charge in [0.15, 0.2) is 0 Å². The molecule has 3 aromatic rings. The summed E-state index contributed by atoms with van der Waals surface area (Å²) >= 11 is 0. The summed E-state index contributed by atoms with van der Waals surface area (Å²) in [5.74, 6) is -0.823. The van der Waals surface area contributed by atoms with E-state index in [-0.39, 0.29) is 0 Å². The lowest BCUT2D eigenvalue weighted by atomic mass is 10.0. The van der Waals surface area contributed by atoms with E-state index in [0.29, 0.717) is 46.1 Å². The lowest BCUT2D eigenvalue weighted by Gasteiger charge is -2.09. The number of carbonyl (C=O) groups excluding carboxylic acids is 2. The molecule has 3 rings (SSSR count). The molecule has 0 amide bonds. The largest absolute Gasteiger partial charge is 0.462 e. The zero-order valence-electron chi connectivity index (χ0n) is 13.4. The van der Waals surface area contributed by atoms with Gasteiger partial charge in [0.1, 0.15) is 0 Å². The van der Waals surface area contributed by atoms with E-state index in [1.807, 2.05) is 0 Å². The molecule has 0 radical (unpaired) electrons. The molecule has 0 spiro atoms. The van der Waals surface area contributed by atoms with E-state index < -0.39 is 11.9 Å². The number of nitrogens with zero attached hydrogens (tertiary/aromatic N) is 2. The third-order valence-electron chi connectivity index (χ3n) is 3.61. The third kappa shape index (κ3) is 2.67. The molecule has 24 heavy (non-hydrogen) atoms. The van der Waals surface area contributed by atoms with Crippen molar-refractivity contribution in [1.82, 2.24) is 9.97 Å². The zero-order valence-corrected chi connectivity index (χ0v) is 13.4. The number of carbonyl (C=O) groups is 2. The number of benzene rings is 1. The van der Waals surface area contributed by atoms with Gasteiger partial charge in [0.05, 0.1) is 35.4 Å². The Hall–Kier alpha value is -3.02. The van der Waals surface area contributed by atoms with Gasteiger partial charge in [0.2, 0.25) is 0 Å². The van der Waals surface area contributed by atoms with Gasteiger partial charge in [-0.15, -0.1) is 0 Å². The molecule has 0 aliphatic carbocycles. The Labute approximate surface area is 138 Å². The van der Waals surface area contributed by atoms with Crippen molar-refractivity contribution in [2.24, 2.45) is 0 Å². The molecule has 0 fully saturated rings. The second-order valence-electron chi connectivity index (χ2n) is 5.02. The van der Waals surface area contributed by atoms with Gasteiger partial charge >= 0.3 is 11.9 Å². The maximum Gasteiger partial charge on any atom is 0.338 e. The molecule has 0 atom stereocenters. The Kier molecular flexibility index (Phi) is 4.37. The van der Waals surface area contributed by atoms with Gasteiger partial charge in [-0.25, -0.2) is 9.59 Å². The van der Waals surface area contributed by atoms with Crippen LogP contribution >= 0.6 is 0 Å². The van der Waals surface area contributed by atoms with Crippen LogP contribution in [-0.2, 0) is 9.47 Å². The summed E-state index contributed by atoms with van der Waals surface area (Å²) < 4.78 is 10.2. The second-order valence-corrected chi connectivity index (χ2v) is 5.02. The second kappa shape index (κ2) is 6.62. The van der Waals surface area contributed by atoms with Crippen molar-refractivity contribution >= 4 is 33.7 Å². The fraction of sp³-hybridized carbons (Fsp3) is 0.222. The Morgan fingerprint density at radius 2 is 1.21 bits per heavy atom. The average molecular weight is 324 g/mol. The molecule has 1 aromatic carbocycles. The molecule has 6 nitrogen and oxygen atoms in total. The van der Waals surface area contributed by atoms with Crippen LogP contribution in [0.1, 0.15) is 34.6 Å². The van der Waals surface area contributed by atoms with Gasteiger partial charge in [-0.2, -0.15) is 0 Å². The predicted octanol–water partition coefficient (Wildman–Crippen LogP) is 3.14. The highest BCUT2D eigenvalue weighted by atomic mass is 16.5. The molecule has 6 heteroatoms. The van der Waals surface area contributed by atoms with Gasteiger partial charge in [-0.05, 0) is 26.0 Å². The molecule has 0 aliphatic heterocycles. The van der Waals surface area contributed by atoms with Crippen LogP contribution < -0.4 is 0 Å². The highest BCUT2D eigenvalue weighted by molar-refractivity contribution is 6.14. The first-order valence-corrected chi connectivity index (χ1v) is 7.68. The molecule has 0 bridgehead atoms. The molecule has 122 valence electrons. The first kappa shape index (κ1) is 15.9. The third-order valence-corrected chi connectivity index (χ3v) is 3.61. The van der Waals surface area contributed by atoms with Crippen molar-refractivity contribution < 1.29 is 19.1 Å². The molecule has 0 N–H and O–H groups in total. The molecule has 0 unspecified atom stereocenters. The fourth-order valence-electron chi connectivity index (χ4n) is 2.60. The van der Waals surface area contributed by atoms with Gasteiger partial charge in [0.25, 0.3) is 0 Å². The number of aromatic nitrogens is 2. The van der Waals surface area contributed by atoms with Crippen LogP contribution in [0.3, 0.4) is 0 Å². The van der Waals surface area contributed by atoms with Crippen molar-refractivity contribution in [2.75, 3.05) is 13.2 Å². The minimum atomic E-state index is -0.411. The standard InChI is InChI=1S/C18H16N2O4/c1-3-23-17(21)13-7-9-19-15-11(13)5-6-12-14(18(22)24-4-2)8-10-20-16(12)15/h5-10H,3-4H2,1-2H3. The first-order valence-electron chi connectivity index (χ1n) is 7.68. The van der Waals surface area contributed by atoms with Gasteiger partial charge in [-0.3, -0.25) is 9.97 Å². The molecule has 2 heterocycles. The van der Waals surface area contributed by atoms with Crippen LogP contribution in [0.5, 0.6) is 0 Å². The molecule has 2 aromatic heterocycles. The minimum Gasteiger partial charge on any atom is -0.462 e. The quantitative estimate of drug-likeness (QED) is 0.542. The van der Waals surface area contributed by atoms with Crippen molar-refractivity contribution in [3.05, 3.63) is 47.8 Å². The van der Waals surface area contributed by atoms with E-state index in [4.69, 9.17) is 9.47 Å². The van der Waals surface area contributed by atoms with Gasteiger partial charge < -0.3 is 9.47 Å². The van der Waals surface area contributed by atoms with E-state index in [9.17, 15) is 9.59 Å². The molecule has 0 saturated carbocycles. The van der Waals surface area contributed by atoms with Crippen molar-refractivity contribution in [3.63, 3.8) is 0 Å². The molecule has 0 aliphatic rings. The van der Waals surface area contributed by atoms with Gasteiger partial charge in [-0.1, -0.05) is 12.1 Å². The number of hydrogen-bond donors (Lipinski definition) is 0. The summed E-state index contributed by atoms with van der Waals surface area (Å²) in [4.78, 5) is 32.9. The van der Waals surface area contributed by atoms with E-state index in [1.165, 1.54) is 12.4 Å². The number of fused-ring (bicyclic) bond motifs is 3. The van der Waals surface area contributed by atoms with Crippen molar-refractivity contribution in [3.8, 4) is 0 Å². The van der Waals surface area contributed by atoms with E-state index >= 15 is 0 Å². The van der Waals surface area contributed by atoms with Crippen molar-refractivity contribution in [1.29, 1.82) is 0 Å². The SMILES string of the molecule is CCOC(=O)c1ccnc2c1ccc1c(C(=O)OCC)ccnc12. The Bertz CT molecular complexity index is 860. The van der Waals surface area contributed by atoms with Crippen LogP contribution in [0.4, 0.5) is 0 Å². The van der Waals surface area contributed by atoms with Crippen LogP contribution in [0.25, 0.3) is 21.8 Å². The monoisotopic (exact) mass is 324 g/mol. The maximum absolute atomic E-state index is 12.1. The predicted molar refractivity (Wildman–Crippen MR) is 89.0 cm³/mol. The summed E-state index contributed by atoms with van der Waals surface area (Å²) in [6.07, 6.45) is 3.07. The Balaban J connectivity index is 2.25. The molecule has 0 saturated heterocycles. The first-order chi connectivity index (χ1) is 11.7. The zero-order chi connectivity index (χ0) is 17.1. The summed E-state index contributed by atoms with van der Waals surface area (Å²) in [6, 6.07) is 6.73. The molecular formula is C18H16N2O4. The highest BCUT2D eigenvalue weighted by Crippen LogP contribution is 2.27. The van der Waals surface area contributed by atoms with Crippen LogP contribution in [-0.4, -0.2) is 35.1 Å². The number of hydrogen-bond acceptors (Lipinski definition) is 6. The molecular weight excluding hydrogens is 308 g/mol. The van der Waals surface area contributed by atoms with E-state index in [0.717, 1.165) is 0 Å². The number of ether oxygens (including phenoxy) is 2. The minimum absolute atomic E-state index is 0.293. The smallest absolute Gasteiger partial charge is 0.338 e. The highest BCUT2D eigenvalue weighted by Gasteiger charge is 2.17. The number of esters is 2. The number of rotatable bonds is 4. The van der Waals surface area contributed by atoms with E-state index in [1.54, 1.807) is 38.1 Å². The maximum atomic E-state index is 12.1. The van der Waals surface area contributed by atoms with Crippen LogP contribution in [0.15, 0.2) is 36.7 Å². The van der Waals surface area contributed by atoms with Crippen LogP contribution in [0, 0.1) is 0 Å². The average Bonchev–Trinajstić information content (AvgIpc) is 2.60. The van der Waals surface area contributed by atoms with E-state index in [2.05, 4.69) is 9.97 Å². The lowest BCUT2D eigenvalue weighted by Crippen LogP contribution is -2.07. The Morgan fingerprint density at radius 1 is 0.792 bits per heavy atom. The summed E-state index contributed by atoms with van der Waals surface area (Å²) in [5, 5.41) is 1.27. The Morgan fingerprint density at radius 3 is 1.58 bits per heavy atom. The summed E-state index contributed by atoms with van der Waals surface area (Å²) in [5.41, 5.74) is 1.94. The van der Waals surface area contributed by atoms with Crippen LogP contribution in [0.2, 0.25) is 0 Å². The number of pyridine rings is 2. The van der Waals surface area contributed by atoms with Crippen molar-refractivity contribution in [2.45, 2.75) is 13.8 Å². The normalized spacial score (nSPS) is 10.8.